The second-order valence-electron chi connectivity index (χ2n) is 5.16. The third-order valence-corrected chi connectivity index (χ3v) is 3.43. The molecule has 22 heavy (non-hydrogen) atoms. The minimum Gasteiger partial charge on any atom is -0.322 e. The Labute approximate surface area is 128 Å². The van der Waals surface area contributed by atoms with Gasteiger partial charge in [0.1, 0.15) is 12.7 Å². The highest BCUT2D eigenvalue weighted by atomic mass is 16.1. The van der Waals surface area contributed by atoms with Crippen LogP contribution in [0.25, 0.3) is 5.69 Å². The first-order chi connectivity index (χ1) is 10.6. The summed E-state index contributed by atoms with van der Waals surface area (Å²) in [6.45, 7) is 3.97. The zero-order chi connectivity index (χ0) is 15.5. The SMILES string of the molecule is Cc1ccc(C)c(NC(=O)c2cccc(-n3cncn3)c2)c1. The average Bonchev–Trinajstić information content (AvgIpc) is 3.05. The van der Waals surface area contributed by atoms with Crippen molar-refractivity contribution in [2.75, 3.05) is 5.32 Å². The van der Waals surface area contributed by atoms with E-state index in [-0.39, 0.29) is 5.91 Å². The number of aromatic nitrogens is 3. The molecule has 110 valence electrons. The van der Waals surface area contributed by atoms with Crippen molar-refractivity contribution in [3.63, 3.8) is 0 Å². The van der Waals surface area contributed by atoms with Crippen LogP contribution < -0.4 is 5.32 Å². The lowest BCUT2D eigenvalue weighted by molar-refractivity contribution is 0.102. The van der Waals surface area contributed by atoms with Gasteiger partial charge in [-0.05, 0) is 49.2 Å². The largest absolute Gasteiger partial charge is 0.322 e. The Morgan fingerprint density at radius 2 is 2.00 bits per heavy atom. The lowest BCUT2D eigenvalue weighted by Gasteiger charge is -2.10. The van der Waals surface area contributed by atoms with E-state index in [2.05, 4.69) is 15.4 Å². The van der Waals surface area contributed by atoms with Gasteiger partial charge in [0.15, 0.2) is 0 Å². The van der Waals surface area contributed by atoms with E-state index in [1.807, 2.05) is 44.2 Å². The molecule has 0 bridgehead atoms. The van der Waals surface area contributed by atoms with Crippen LogP contribution in [0.15, 0.2) is 55.1 Å². The number of amides is 1. The molecular formula is C17H16N4O. The van der Waals surface area contributed by atoms with Gasteiger partial charge in [-0.15, -0.1) is 0 Å². The zero-order valence-electron chi connectivity index (χ0n) is 12.4. The summed E-state index contributed by atoms with van der Waals surface area (Å²) < 4.78 is 1.62. The van der Waals surface area contributed by atoms with E-state index in [1.54, 1.807) is 23.1 Å². The molecule has 0 saturated carbocycles. The highest BCUT2D eigenvalue weighted by molar-refractivity contribution is 6.05. The van der Waals surface area contributed by atoms with Crippen molar-refractivity contribution in [3.8, 4) is 5.69 Å². The highest BCUT2D eigenvalue weighted by Gasteiger charge is 2.09. The van der Waals surface area contributed by atoms with Gasteiger partial charge in [0, 0.05) is 11.3 Å². The minimum absolute atomic E-state index is 0.143. The molecule has 5 nitrogen and oxygen atoms in total. The van der Waals surface area contributed by atoms with Crippen molar-refractivity contribution in [2.45, 2.75) is 13.8 Å². The van der Waals surface area contributed by atoms with E-state index < -0.39 is 0 Å². The number of carbonyl (C=O) groups excluding carboxylic acids is 1. The second kappa shape index (κ2) is 5.81. The Bertz CT molecular complexity index is 809. The van der Waals surface area contributed by atoms with Crippen molar-refractivity contribution in [2.24, 2.45) is 0 Å². The summed E-state index contributed by atoms with van der Waals surface area (Å²) in [5.74, 6) is -0.143. The molecule has 0 fully saturated rings. The molecule has 0 aliphatic heterocycles. The van der Waals surface area contributed by atoms with Gasteiger partial charge in [-0.25, -0.2) is 9.67 Å². The second-order valence-corrected chi connectivity index (χ2v) is 5.16. The van der Waals surface area contributed by atoms with Crippen LogP contribution in [0.5, 0.6) is 0 Å². The van der Waals surface area contributed by atoms with E-state index in [4.69, 9.17) is 0 Å². The van der Waals surface area contributed by atoms with Crippen molar-refractivity contribution >= 4 is 11.6 Å². The number of hydrogen-bond donors (Lipinski definition) is 1. The number of anilines is 1. The standard InChI is InChI=1S/C17H16N4O/c1-12-6-7-13(2)16(8-12)20-17(22)14-4-3-5-15(9-14)21-11-18-10-19-21/h3-11H,1-2H3,(H,20,22). The quantitative estimate of drug-likeness (QED) is 0.806. The smallest absolute Gasteiger partial charge is 0.255 e. The first-order valence-electron chi connectivity index (χ1n) is 6.97. The van der Waals surface area contributed by atoms with Gasteiger partial charge in [0.25, 0.3) is 5.91 Å². The van der Waals surface area contributed by atoms with Crippen LogP contribution in [0.3, 0.4) is 0 Å². The minimum atomic E-state index is -0.143. The Hall–Kier alpha value is -2.95. The Balaban J connectivity index is 1.86. The maximum atomic E-state index is 12.4. The predicted octanol–water partition coefficient (Wildman–Crippen LogP) is 3.14. The van der Waals surface area contributed by atoms with E-state index in [0.717, 1.165) is 22.5 Å². The molecule has 3 rings (SSSR count). The number of rotatable bonds is 3. The summed E-state index contributed by atoms with van der Waals surface area (Å²) in [7, 11) is 0. The lowest BCUT2D eigenvalue weighted by Crippen LogP contribution is -2.13. The van der Waals surface area contributed by atoms with Crippen molar-refractivity contribution in [1.82, 2.24) is 14.8 Å². The van der Waals surface area contributed by atoms with Crippen LogP contribution in [-0.2, 0) is 0 Å². The summed E-state index contributed by atoms with van der Waals surface area (Å²) in [6, 6.07) is 13.3. The molecule has 0 aliphatic rings. The van der Waals surface area contributed by atoms with Gasteiger partial charge in [0.2, 0.25) is 0 Å². The summed E-state index contributed by atoms with van der Waals surface area (Å²) in [5.41, 5.74) is 4.35. The van der Waals surface area contributed by atoms with E-state index in [9.17, 15) is 4.79 Å². The fraction of sp³-hybridized carbons (Fsp3) is 0.118. The van der Waals surface area contributed by atoms with Gasteiger partial charge < -0.3 is 5.32 Å². The Morgan fingerprint density at radius 1 is 1.14 bits per heavy atom. The summed E-state index contributed by atoms with van der Waals surface area (Å²) in [5, 5.41) is 7.03. The predicted molar refractivity (Wildman–Crippen MR) is 85.2 cm³/mol. The third-order valence-electron chi connectivity index (χ3n) is 3.43. The molecule has 0 aliphatic carbocycles. The molecule has 0 unspecified atom stereocenters. The van der Waals surface area contributed by atoms with Crippen LogP contribution in [0.2, 0.25) is 0 Å². The van der Waals surface area contributed by atoms with Gasteiger partial charge >= 0.3 is 0 Å². The topological polar surface area (TPSA) is 59.8 Å². The van der Waals surface area contributed by atoms with Crippen LogP contribution in [0, 0.1) is 13.8 Å². The maximum Gasteiger partial charge on any atom is 0.255 e. The number of hydrogen-bond acceptors (Lipinski definition) is 3. The first-order valence-corrected chi connectivity index (χ1v) is 6.97. The average molecular weight is 292 g/mol. The van der Waals surface area contributed by atoms with Crippen molar-refractivity contribution in [3.05, 3.63) is 71.8 Å². The van der Waals surface area contributed by atoms with Crippen LogP contribution >= 0.6 is 0 Å². The molecular weight excluding hydrogens is 276 g/mol. The molecule has 1 heterocycles. The van der Waals surface area contributed by atoms with Gasteiger partial charge in [-0.2, -0.15) is 5.10 Å². The number of nitrogens with one attached hydrogen (secondary N) is 1. The van der Waals surface area contributed by atoms with Gasteiger partial charge in [-0.1, -0.05) is 18.2 Å². The number of carbonyl (C=O) groups is 1. The number of nitrogens with zero attached hydrogens (tertiary/aromatic N) is 3. The summed E-state index contributed by atoms with van der Waals surface area (Å²) in [6.07, 6.45) is 3.06. The van der Waals surface area contributed by atoms with Crippen LogP contribution in [0.1, 0.15) is 21.5 Å². The molecule has 3 aromatic rings. The van der Waals surface area contributed by atoms with Gasteiger partial charge in [-0.3, -0.25) is 4.79 Å². The third kappa shape index (κ3) is 2.88. The van der Waals surface area contributed by atoms with E-state index >= 15 is 0 Å². The molecule has 0 saturated heterocycles. The summed E-state index contributed by atoms with van der Waals surface area (Å²) in [4.78, 5) is 16.4. The normalized spacial score (nSPS) is 10.5. The van der Waals surface area contributed by atoms with Crippen molar-refractivity contribution in [1.29, 1.82) is 0 Å². The summed E-state index contributed by atoms with van der Waals surface area (Å²) >= 11 is 0. The lowest BCUT2D eigenvalue weighted by atomic mass is 10.1. The molecule has 1 amide bonds. The van der Waals surface area contributed by atoms with E-state index in [0.29, 0.717) is 5.56 Å². The van der Waals surface area contributed by atoms with Crippen LogP contribution in [0.4, 0.5) is 5.69 Å². The Morgan fingerprint density at radius 3 is 2.77 bits per heavy atom. The molecule has 5 heteroatoms. The first kappa shape index (κ1) is 14.0. The zero-order valence-corrected chi connectivity index (χ0v) is 12.4. The fourth-order valence-corrected chi connectivity index (χ4v) is 2.20. The maximum absolute atomic E-state index is 12.4. The monoisotopic (exact) mass is 292 g/mol. The molecule has 1 aromatic heterocycles. The van der Waals surface area contributed by atoms with E-state index in [1.165, 1.54) is 6.33 Å². The molecule has 0 spiro atoms. The Kier molecular flexibility index (Phi) is 3.70. The fourth-order valence-electron chi connectivity index (χ4n) is 2.20. The molecule has 2 aromatic carbocycles. The molecule has 1 N–H and O–H groups in total. The van der Waals surface area contributed by atoms with Crippen LogP contribution in [-0.4, -0.2) is 20.7 Å². The number of benzene rings is 2. The number of aryl methyl sites for hydroxylation is 2. The highest BCUT2D eigenvalue weighted by Crippen LogP contribution is 2.18. The molecule has 0 atom stereocenters. The molecule has 0 radical (unpaired) electrons. The van der Waals surface area contributed by atoms with Gasteiger partial charge in [0.05, 0.1) is 5.69 Å². The van der Waals surface area contributed by atoms with Crippen molar-refractivity contribution < 1.29 is 4.79 Å².